The fourth-order valence-corrected chi connectivity index (χ4v) is 4.09. The van der Waals surface area contributed by atoms with E-state index in [4.69, 9.17) is 0 Å². The topological polar surface area (TPSA) is 41.4 Å². The highest BCUT2D eigenvalue weighted by Gasteiger charge is 2.30. The van der Waals surface area contributed by atoms with E-state index < -0.39 is 11.7 Å². The van der Waals surface area contributed by atoms with Gasteiger partial charge in [-0.15, -0.1) is 0 Å². The Labute approximate surface area is 185 Å². The molecule has 168 valence electrons. The van der Waals surface area contributed by atoms with Crippen LogP contribution in [0.15, 0.2) is 54.6 Å². The monoisotopic (exact) mass is 442 g/mol. The molecule has 0 radical (unpaired) electrons. The Kier molecular flexibility index (Phi) is 5.95. The van der Waals surface area contributed by atoms with Crippen LogP contribution in [0.4, 0.5) is 18.9 Å². The number of carbonyl (C=O) groups excluding carboxylic acids is 1. The standard InChI is InChI=1S/C24H25F3N4O/c1-17-15-18(2)31(28-17)16-23(32)30-13-11-29(12-14-30)22-6-4-3-5-21(22)19-7-9-20(10-8-19)24(25,26)27/h3-10,15H,11-14,16H2,1-2H3. The highest BCUT2D eigenvalue weighted by atomic mass is 19.4. The van der Waals surface area contributed by atoms with Crippen LogP contribution in [0, 0.1) is 13.8 Å². The van der Waals surface area contributed by atoms with Crippen molar-refractivity contribution in [3.05, 3.63) is 71.5 Å². The molecule has 0 aliphatic carbocycles. The van der Waals surface area contributed by atoms with E-state index in [2.05, 4.69) is 10.00 Å². The molecule has 0 bridgehead atoms. The smallest absolute Gasteiger partial charge is 0.367 e. The predicted molar refractivity (Wildman–Crippen MR) is 117 cm³/mol. The molecule has 1 amide bonds. The second kappa shape index (κ2) is 8.68. The molecule has 0 unspecified atom stereocenters. The number of aromatic nitrogens is 2. The van der Waals surface area contributed by atoms with Crippen molar-refractivity contribution >= 4 is 11.6 Å². The molecule has 0 N–H and O–H groups in total. The maximum atomic E-state index is 12.9. The van der Waals surface area contributed by atoms with Gasteiger partial charge >= 0.3 is 6.18 Å². The summed E-state index contributed by atoms with van der Waals surface area (Å²) in [6.07, 6.45) is -4.35. The van der Waals surface area contributed by atoms with Crippen molar-refractivity contribution in [3.63, 3.8) is 0 Å². The first-order valence-corrected chi connectivity index (χ1v) is 10.5. The van der Waals surface area contributed by atoms with Crippen molar-refractivity contribution in [3.8, 4) is 11.1 Å². The minimum Gasteiger partial charge on any atom is -0.367 e. The molecule has 0 spiro atoms. The van der Waals surface area contributed by atoms with Crippen molar-refractivity contribution in [2.45, 2.75) is 26.6 Å². The lowest BCUT2D eigenvalue weighted by Crippen LogP contribution is -2.49. The average molecular weight is 442 g/mol. The summed E-state index contributed by atoms with van der Waals surface area (Å²) in [5.74, 6) is 0.0341. The maximum Gasteiger partial charge on any atom is 0.416 e. The summed E-state index contributed by atoms with van der Waals surface area (Å²) < 4.78 is 40.5. The second-order valence-electron chi connectivity index (χ2n) is 8.04. The van der Waals surface area contributed by atoms with Crippen LogP contribution in [-0.4, -0.2) is 46.8 Å². The van der Waals surface area contributed by atoms with Crippen LogP contribution in [0.5, 0.6) is 0 Å². The van der Waals surface area contributed by atoms with Crippen molar-refractivity contribution in [2.75, 3.05) is 31.1 Å². The normalized spacial score (nSPS) is 14.7. The van der Waals surface area contributed by atoms with Gasteiger partial charge in [-0.05, 0) is 43.7 Å². The first kappa shape index (κ1) is 21.9. The van der Waals surface area contributed by atoms with Gasteiger partial charge in [0.05, 0.1) is 11.3 Å². The van der Waals surface area contributed by atoms with Crippen LogP contribution in [0.25, 0.3) is 11.1 Å². The van der Waals surface area contributed by atoms with Gasteiger partial charge in [0.2, 0.25) is 5.91 Å². The molecule has 8 heteroatoms. The van der Waals surface area contributed by atoms with Crippen molar-refractivity contribution in [1.29, 1.82) is 0 Å². The number of carbonyl (C=O) groups is 1. The zero-order valence-corrected chi connectivity index (χ0v) is 18.1. The number of benzene rings is 2. The Bertz CT molecular complexity index is 1100. The van der Waals surface area contributed by atoms with E-state index in [9.17, 15) is 18.0 Å². The van der Waals surface area contributed by atoms with Crippen molar-refractivity contribution in [2.24, 2.45) is 0 Å². The summed E-state index contributed by atoms with van der Waals surface area (Å²) in [6.45, 7) is 6.53. The molecule has 1 aliphatic heterocycles. The number of piperazine rings is 1. The molecule has 0 atom stereocenters. The zero-order valence-electron chi connectivity index (χ0n) is 18.1. The summed E-state index contributed by atoms with van der Waals surface area (Å²) in [7, 11) is 0. The molecule has 3 aromatic rings. The molecule has 0 saturated carbocycles. The average Bonchev–Trinajstić information content (AvgIpc) is 3.09. The van der Waals surface area contributed by atoms with Crippen LogP contribution in [0.2, 0.25) is 0 Å². The van der Waals surface area contributed by atoms with Gasteiger partial charge in [-0.1, -0.05) is 30.3 Å². The van der Waals surface area contributed by atoms with Gasteiger partial charge < -0.3 is 9.80 Å². The van der Waals surface area contributed by atoms with Gasteiger partial charge in [0, 0.05) is 43.1 Å². The van der Waals surface area contributed by atoms with E-state index in [0.29, 0.717) is 26.2 Å². The van der Waals surface area contributed by atoms with E-state index in [1.54, 1.807) is 4.68 Å². The van der Waals surface area contributed by atoms with Crippen LogP contribution in [-0.2, 0) is 17.5 Å². The number of aryl methyl sites for hydroxylation is 2. The van der Waals surface area contributed by atoms with Gasteiger partial charge in [-0.3, -0.25) is 9.48 Å². The number of rotatable bonds is 4. The molecule has 1 saturated heterocycles. The number of para-hydroxylation sites is 1. The third kappa shape index (κ3) is 4.64. The van der Waals surface area contributed by atoms with Gasteiger partial charge in [0.25, 0.3) is 0 Å². The predicted octanol–water partition coefficient (Wildman–Crippen LogP) is 4.53. The SMILES string of the molecule is Cc1cc(C)n(CC(=O)N2CCN(c3ccccc3-c3ccc(C(F)(F)F)cc3)CC2)n1. The van der Waals surface area contributed by atoms with E-state index in [0.717, 1.165) is 40.3 Å². The molecule has 4 rings (SSSR count). The van der Waals surface area contributed by atoms with Crippen LogP contribution in [0.1, 0.15) is 17.0 Å². The Morgan fingerprint density at radius 2 is 1.62 bits per heavy atom. The fourth-order valence-electron chi connectivity index (χ4n) is 4.09. The first-order chi connectivity index (χ1) is 15.2. The van der Waals surface area contributed by atoms with Gasteiger partial charge in [0.15, 0.2) is 0 Å². The Morgan fingerprint density at radius 1 is 0.969 bits per heavy atom. The number of nitrogens with zero attached hydrogens (tertiary/aromatic N) is 4. The van der Waals surface area contributed by atoms with Crippen LogP contribution < -0.4 is 4.90 Å². The molecular formula is C24H25F3N4O. The summed E-state index contributed by atoms with van der Waals surface area (Å²) in [4.78, 5) is 16.7. The fraction of sp³-hybridized carbons (Fsp3) is 0.333. The third-order valence-electron chi connectivity index (χ3n) is 5.79. The van der Waals surface area contributed by atoms with Gasteiger partial charge in [0.1, 0.15) is 6.54 Å². The van der Waals surface area contributed by atoms with Crippen molar-refractivity contribution < 1.29 is 18.0 Å². The molecule has 32 heavy (non-hydrogen) atoms. The lowest BCUT2D eigenvalue weighted by molar-refractivity contribution is -0.137. The summed E-state index contributed by atoms with van der Waals surface area (Å²) in [5, 5.41) is 4.36. The number of amides is 1. The number of anilines is 1. The Hall–Kier alpha value is -3.29. The van der Waals surface area contributed by atoms with E-state index in [-0.39, 0.29) is 12.5 Å². The summed E-state index contributed by atoms with van der Waals surface area (Å²) in [5.41, 5.74) is 3.76. The highest BCUT2D eigenvalue weighted by Crippen LogP contribution is 2.34. The lowest BCUT2D eigenvalue weighted by atomic mass is 10.0. The zero-order chi connectivity index (χ0) is 22.9. The van der Waals surface area contributed by atoms with Gasteiger partial charge in [-0.2, -0.15) is 18.3 Å². The maximum absolute atomic E-state index is 12.9. The van der Waals surface area contributed by atoms with Crippen LogP contribution in [0.3, 0.4) is 0 Å². The Morgan fingerprint density at radius 3 is 2.22 bits per heavy atom. The molecule has 1 fully saturated rings. The molecule has 1 aliphatic rings. The third-order valence-corrected chi connectivity index (χ3v) is 5.79. The lowest BCUT2D eigenvalue weighted by Gasteiger charge is -2.37. The van der Waals surface area contributed by atoms with Crippen LogP contribution >= 0.6 is 0 Å². The van der Waals surface area contributed by atoms with Gasteiger partial charge in [-0.25, -0.2) is 0 Å². The summed E-state index contributed by atoms with van der Waals surface area (Å²) >= 11 is 0. The minimum atomic E-state index is -4.35. The molecule has 2 heterocycles. The molecular weight excluding hydrogens is 417 g/mol. The number of alkyl halides is 3. The minimum absolute atomic E-state index is 0.0341. The number of hydrogen-bond acceptors (Lipinski definition) is 3. The van der Waals surface area contributed by atoms with E-state index in [1.165, 1.54) is 12.1 Å². The number of halogens is 3. The number of hydrogen-bond donors (Lipinski definition) is 0. The highest BCUT2D eigenvalue weighted by molar-refractivity contribution is 5.80. The Balaban J connectivity index is 1.45. The summed E-state index contributed by atoms with van der Waals surface area (Å²) in [6, 6.07) is 14.9. The quantitative estimate of drug-likeness (QED) is 0.596. The van der Waals surface area contributed by atoms with Crippen molar-refractivity contribution in [1.82, 2.24) is 14.7 Å². The second-order valence-corrected chi connectivity index (χ2v) is 8.04. The first-order valence-electron chi connectivity index (χ1n) is 10.5. The molecule has 1 aromatic heterocycles. The van der Waals surface area contributed by atoms with E-state index >= 15 is 0 Å². The van der Waals surface area contributed by atoms with E-state index in [1.807, 2.05) is 49.1 Å². The largest absolute Gasteiger partial charge is 0.416 e. The molecule has 5 nitrogen and oxygen atoms in total. The molecule has 2 aromatic carbocycles.